The molecule has 1 aliphatic heterocycles. The van der Waals surface area contributed by atoms with Gasteiger partial charge in [-0.25, -0.2) is 4.98 Å². The molecule has 1 amide bonds. The highest BCUT2D eigenvalue weighted by molar-refractivity contribution is 7.13. The number of hydrogen-bond donors (Lipinski definition) is 1. The number of amides is 1. The summed E-state index contributed by atoms with van der Waals surface area (Å²) in [4.78, 5) is 16.9. The first-order valence-corrected chi connectivity index (χ1v) is 8.88. The fourth-order valence-electron chi connectivity index (χ4n) is 2.44. The zero-order valence-corrected chi connectivity index (χ0v) is 14.6. The molecule has 0 aliphatic carbocycles. The number of nitrogens with zero attached hydrogens (tertiary/aromatic N) is 1. The van der Waals surface area contributed by atoms with E-state index in [4.69, 9.17) is 21.1 Å². The molecule has 0 radical (unpaired) electrons. The van der Waals surface area contributed by atoms with Gasteiger partial charge in [-0.15, -0.1) is 11.3 Å². The van der Waals surface area contributed by atoms with Gasteiger partial charge in [-0.1, -0.05) is 41.9 Å². The lowest BCUT2D eigenvalue weighted by molar-refractivity contribution is 0.102. The molecule has 2 heterocycles. The molecular weight excluding hydrogens is 360 g/mol. The molecule has 0 fully saturated rings. The number of nitrogens with one attached hydrogen (secondary N) is 1. The molecule has 0 unspecified atom stereocenters. The predicted octanol–water partition coefficient (Wildman–Crippen LogP) is 4.49. The molecule has 5 nitrogen and oxygen atoms in total. The molecule has 25 heavy (non-hydrogen) atoms. The van der Waals surface area contributed by atoms with Gasteiger partial charge in [0.1, 0.15) is 23.9 Å². The Morgan fingerprint density at radius 2 is 1.84 bits per heavy atom. The summed E-state index contributed by atoms with van der Waals surface area (Å²) < 4.78 is 11.0. The molecule has 3 aromatic rings. The van der Waals surface area contributed by atoms with Crippen LogP contribution in [0.2, 0.25) is 5.02 Å². The standard InChI is InChI=1S/C18H13ClN2O3S/c19-12-8-15-16(24-7-6-23-15)9-13(12)20-17(22)14-10-25-18(21-14)11-4-2-1-3-5-11/h1-5,8-10H,6-7H2,(H,20,22). The minimum atomic E-state index is -0.322. The third-order valence-corrected chi connectivity index (χ3v) is 4.84. The van der Waals surface area contributed by atoms with Crippen LogP contribution >= 0.6 is 22.9 Å². The van der Waals surface area contributed by atoms with Gasteiger partial charge in [0, 0.05) is 23.1 Å². The lowest BCUT2D eigenvalue weighted by Crippen LogP contribution is -2.17. The van der Waals surface area contributed by atoms with E-state index >= 15 is 0 Å². The first-order chi connectivity index (χ1) is 12.2. The van der Waals surface area contributed by atoms with E-state index in [0.717, 1.165) is 10.6 Å². The van der Waals surface area contributed by atoms with Gasteiger partial charge in [0.2, 0.25) is 0 Å². The number of rotatable bonds is 3. The van der Waals surface area contributed by atoms with Gasteiger partial charge >= 0.3 is 0 Å². The number of aromatic nitrogens is 1. The highest BCUT2D eigenvalue weighted by Gasteiger charge is 2.18. The first-order valence-electron chi connectivity index (χ1n) is 7.62. The maximum atomic E-state index is 12.5. The van der Waals surface area contributed by atoms with E-state index in [1.54, 1.807) is 17.5 Å². The Hall–Kier alpha value is -2.57. The van der Waals surface area contributed by atoms with Crippen molar-refractivity contribution in [2.24, 2.45) is 0 Å². The lowest BCUT2D eigenvalue weighted by Gasteiger charge is -2.19. The van der Waals surface area contributed by atoms with Crippen LogP contribution in [0.4, 0.5) is 5.69 Å². The monoisotopic (exact) mass is 372 g/mol. The Bertz CT molecular complexity index is 927. The summed E-state index contributed by atoms with van der Waals surface area (Å²) in [5.74, 6) is 0.820. The van der Waals surface area contributed by atoms with Gasteiger partial charge in [-0.3, -0.25) is 4.79 Å². The largest absolute Gasteiger partial charge is 0.486 e. The molecule has 126 valence electrons. The molecule has 7 heteroatoms. The highest BCUT2D eigenvalue weighted by Crippen LogP contribution is 2.38. The topological polar surface area (TPSA) is 60.5 Å². The highest BCUT2D eigenvalue weighted by atomic mass is 35.5. The average molecular weight is 373 g/mol. The summed E-state index contributed by atoms with van der Waals surface area (Å²) in [6.45, 7) is 0.949. The predicted molar refractivity (Wildman–Crippen MR) is 97.9 cm³/mol. The molecular formula is C18H13ClN2O3S. The van der Waals surface area contributed by atoms with Crippen molar-refractivity contribution in [2.45, 2.75) is 0 Å². The van der Waals surface area contributed by atoms with E-state index < -0.39 is 0 Å². The van der Waals surface area contributed by atoms with Crippen molar-refractivity contribution in [1.29, 1.82) is 0 Å². The number of carbonyl (C=O) groups excluding carboxylic acids is 1. The summed E-state index contributed by atoms with van der Waals surface area (Å²) in [6.07, 6.45) is 0. The second kappa shape index (κ2) is 6.74. The maximum absolute atomic E-state index is 12.5. The second-order valence-electron chi connectivity index (χ2n) is 5.33. The van der Waals surface area contributed by atoms with Crippen molar-refractivity contribution in [3.63, 3.8) is 0 Å². The maximum Gasteiger partial charge on any atom is 0.275 e. The summed E-state index contributed by atoms with van der Waals surface area (Å²) in [5.41, 5.74) is 1.78. The van der Waals surface area contributed by atoms with Crippen LogP contribution in [0.25, 0.3) is 10.6 Å². The molecule has 2 aromatic carbocycles. The Balaban J connectivity index is 1.56. The number of fused-ring (bicyclic) bond motifs is 1. The number of thiazole rings is 1. The Labute approximate surface area is 153 Å². The molecule has 1 aromatic heterocycles. The SMILES string of the molecule is O=C(Nc1cc2c(cc1Cl)OCCO2)c1csc(-c2ccccc2)n1. The van der Waals surface area contributed by atoms with Gasteiger partial charge in [-0.2, -0.15) is 0 Å². The van der Waals surface area contributed by atoms with Crippen molar-refractivity contribution in [3.8, 4) is 22.1 Å². The average Bonchev–Trinajstić information content (AvgIpc) is 3.13. The van der Waals surface area contributed by atoms with Crippen molar-refractivity contribution < 1.29 is 14.3 Å². The molecule has 0 spiro atoms. The summed E-state index contributed by atoms with van der Waals surface area (Å²) in [6, 6.07) is 13.0. The molecule has 1 N–H and O–H groups in total. The normalized spacial score (nSPS) is 12.7. The summed E-state index contributed by atoms with van der Waals surface area (Å²) in [5, 5.41) is 5.68. The minimum absolute atomic E-state index is 0.322. The molecule has 0 atom stereocenters. The molecule has 1 aliphatic rings. The van der Waals surface area contributed by atoms with E-state index in [-0.39, 0.29) is 5.91 Å². The number of anilines is 1. The van der Waals surface area contributed by atoms with Crippen LogP contribution in [0.1, 0.15) is 10.5 Å². The lowest BCUT2D eigenvalue weighted by atomic mass is 10.2. The van der Waals surface area contributed by atoms with E-state index in [0.29, 0.717) is 41.1 Å². The fourth-order valence-corrected chi connectivity index (χ4v) is 3.44. The first kappa shape index (κ1) is 15.9. The van der Waals surface area contributed by atoms with Crippen molar-refractivity contribution in [1.82, 2.24) is 4.98 Å². The Morgan fingerprint density at radius 1 is 1.12 bits per heavy atom. The van der Waals surface area contributed by atoms with Crippen LogP contribution in [0.3, 0.4) is 0 Å². The van der Waals surface area contributed by atoms with E-state index in [9.17, 15) is 4.79 Å². The van der Waals surface area contributed by atoms with Gasteiger partial charge in [0.25, 0.3) is 5.91 Å². The van der Waals surface area contributed by atoms with Gasteiger partial charge in [0.05, 0.1) is 10.7 Å². The van der Waals surface area contributed by atoms with Crippen LogP contribution in [-0.2, 0) is 0 Å². The van der Waals surface area contributed by atoms with Crippen molar-refractivity contribution in [3.05, 3.63) is 58.6 Å². The fraction of sp³-hybridized carbons (Fsp3) is 0.111. The van der Waals surface area contributed by atoms with Crippen LogP contribution < -0.4 is 14.8 Å². The van der Waals surface area contributed by atoms with Crippen LogP contribution in [0.15, 0.2) is 47.8 Å². The summed E-state index contributed by atoms with van der Waals surface area (Å²) in [7, 11) is 0. The van der Waals surface area contributed by atoms with Crippen LogP contribution in [0.5, 0.6) is 11.5 Å². The molecule has 0 saturated heterocycles. The zero-order valence-electron chi connectivity index (χ0n) is 13.0. The number of benzene rings is 2. The molecule has 0 bridgehead atoms. The third-order valence-electron chi connectivity index (χ3n) is 3.64. The number of halogens is 1. The number of hydrogen-bond acceptors (Lipinski definition) is 5. The van der Waals surface area contributed by atoms with Gasteiger partial charge < -0.3 is 14.8 Å². The number of ether oxygens (including phenoxy) is 2. The third kappa shape index (κ3) is 3.31. The van der Waals surface area contributed by atoms with Crippen molar-refractivity contribution >= 4 is 34.5 Å². The van der Waals surface area contributed by atoms with Crippen LogP contribution in [-0.4, -0.2) is 24.1 Å². The van der Waals surface area contributed by atoms with Crippen LogP contribution in [0, 0.1) is 0 Å². The van der Waals surface area contributed by atoms with E-state index in [1.807, 2.05) is 30.3 Å². The van der Waals surface area contributed by atoms with E-state index in [1.165, 1.54) is 11.3 Å². The Morgan fingerprint density at radius 3 is 2.60 bits per heavy atom. The zero-order chi connectivity index (χ0) is 17.2. The Kier molecular flexibility index (Phi) is 4.29. The van der Waals surface area contributed by atoms with E-state index in [2.05, 4.69) is 10.3 Å². The van der Waals surface area contributed by atoms with Gasteiger partial charge in [-0.05, 0) is 0 Å². The second-order valence-corrected chi connectivity index (χ2v) is 6.60. The van der Waals surface area contributed by atoms with Crippen molar-refractivity contribution in [2.75, 3.05) is 18.5 Å². The molecule has 0 saturated carbocycles. The molecule has 4 rings (SSSR count). The number of carbonyl (C=O) groups is 1. The quantitative estimate of drug-likeness (QED) is 0.736. The smallest absolute Gasteiger partial charge is 0.275 e. The van der Waals surface area contributed by atoms with Gasteiger partial charge in [0.15, 0.2) is 11.5 Å². The minimum Gasteiger partial charge on any atom is -0.486 e. The summed E-state index contributed by atoms with van der Waals surface area (Å²) >= 11 is 7.64.